The van der Waals surface area contributed by atoms with Crippen LogP contribution in [0.5, 0.6) is 0 Å². The van der Waals surface area contributed by atoms with Gasteiger partial charge < -0.3 is 19.4 Å². The van der Waals surface area contributed by atoms with E-state index in [0.717, 1.165) is 49.7 Å². The molecule has 0 bridgehead atoms. The van der Waals surface area contributed by atoms with Gasteiger partial charge in [0.15, 0.2) is 5.89 Å². The van der Waals surface area contributed by atoms with Crippen molar-refractivity contribution in [1.82, 2.24) is 20.2 Å². The standard InChI is InChI=1S/C20H24N4O3/c25-19(20-12-22-9-15(20)11-26-13-20)24-7-5-17-16(10-24)23-18(27-17)4-3-14-2-1-6-21-8-14/h1-2,6,8,15,22H,3-5,7,9-13H2/t15-,20-/m0/s1. The van der Waals surface area contributed by atoms with Gasteiger partial charge in [-0.2, -0.15) is 0 Å². The molecule has 0 spiro atoms. The zero-order chi connectivity index (χ0) is 18.3. The Morgan fingerprint density at radius 3 is 3.26 bits per heavy atom. The van der Waals surface area contributed by atoms with Gasteiger partial charge in [-0.05, 0) is 18.1 Å². The summed E-state index contributed by atoms with van der Waals surface area (Å²) in [5.41, 5.74) is 1.70. The summed E-state index contributed by atoms with van der Waals surface area (Å²) in [6, 6.07) is 4.00. The molecule has 1 N–H and O–H groups in total. The lowest BCUT2D eigenvalue weighted by molar-refractivity contribution is -0.143. The van der Waals surface area contributed by atoms with Crippen LogP contribution in [0.2, 0.25) is 0 Å². The van der Waals surface area contributed by atoms with Crippen molar-refractivity contribution in [1.29, 1.82) is 0 Å². The van der Waals surface area contributed by atoms with Crippen molar-refractivity contribution in [2.75, 3.05) is 32.8 Å². The number of carbonyl (C=O) groups excluding carboxylic acids is 1. The number of aromatic nitrogens is 2. The van der Waals surface area contributed by atoms with E-state index < -0.39 is 0 Å². The van der Waals surface area contributed by atoms with Crippen LogP contribution in [0.1, 0.15) is 22.9 Å². The number of amides is 1. The summed E-state index contributed by atoms with van der Waals surface area (Å²) < 4.78 is 11.6. The van der Waals surface area contributed by atoms with Crippen molar-refractivity contribution < 1.29 is 13.9 Å². The predicted octanol–water partition coefficient (Wildman–Crippen LogP) is 0.975. The highest BCUT2D eigenvalue weighted by molar-refractivity contribution is 5.84. The van der Waals surface area contributed by atoms with Crippen LogP contribution in [0.15, 0.2) is 28.9 Å². The second kappa shape index (κ2) is 6.73. The molecule has 7 heteroatoms. The van der Waals surface area contributed by atoms with Gasteiger partial charge in [-0.25, -0.2) is 4.98 Å². The number of rotatable bonds is 4. The number of aryl methyl sites for hydroxylation is 2. The number of fused-ring (bicyclic) bond motifs is 2. The highest BCUT2D eigenvalue weighted by Gasteiger charge is 2.54. The molecule has 0 unspecified atom stereocenters. The maximum Gasteiger partial charge on any atom is 0.233 e. The van der Waals surface area contributed by atoms with Crippen molar-refractivity contribution in [3.05, 3.63) is 47.4 Å². The van der Waals surface area contributed by atoms with E-state index in [-0.39, 0.29) is 11.3 Å². The fourth-order valence-corrected chi connectivity index (χ4v) is 4.54. The van der Waals surface area contributed by atoms with E-state index in [9.17, 15) is 4.79 Å². The van der Waals surface area contributed by atoms with E-state index in [2.05, 4.69) is 21.4 Å². The SMILES string of the molecule is O=C(N1CCc2oc(CCc3cccnc3)nc2C1)[C@]12CNC[C@H]1COC2. The van der Waals surface area contributed by atoms with Gasteiger partial charge in [-0.1, -0.05) is 6.07 Å². The average molecular weight is 368 g/mol. The Morgan fingerprint density at radius 1 is 1.41 bits per heavy atom. The van der Waals surface area contributed by atoms with Gasteiger partial charge in [0.25, 0.3) is 0 Å². The molecule has 0 aliphatic carbocycles. The fraction of sp³-hybridized carbons (Fsp3) is 0.550. The molecule has 27 heavy (non-hydrogen) atoms. The average Bonchev–Trinajstić information content (AvgIpc) is 3.39. The fourth-order valence-electron chi connectivity index (χ4n) is 4.54. The van der Waals surface area contributed by atoms with Gasteiger partial charge in [0.2, 0.25) is 5.91 Å². The van der Waals surface area contributed by atoms with Crippen LogP contribution in [-0.4, -0.2) is 53.6 Å². The van der Waals surface area contributed by atoms with Gasteiger partial charge in [-0.15, -0.1) is 0 Å². The normalized spacial score (nSPS) is 26.8. The Morgan fingerprint density at radius 2 is 2.37 bits per heavy atom. The first-order chi connectivity index (χ1) is 13.2. The third-order valence-electron chi connectivity index (χ3n) is 6.13. The number of nitrogens with zero attached hydrogens (tertiary/aromatic N) is 3. The number of pyridine rings is 1. The van der Waals surface area contributed by atoms with E-state index >= 15 is 0 Å². The molecule has 1 amide bonds. The molecular weight excluding hydrogens is 344 g/mol. The van der Waals surface area contributed by atoms with Crippen LogP contribution in [0, 0.1) is 11.3 Å². The van der Waals surface area contributed by atoms with E-state index in [1.807, 2.05) is 17.2 Å². The number of hydrogen-bond donors (Lipinski definition) is 1. The van der Waals surface area contributed by atoms with E-state index in [1.165, 1.54) is 5.56 Å². The summed E-state index contributed by atoms with van der Waals surface area (Å²) >= 11 is 0. The smallest absolute Gasteiger partial charge is 0.233 e. The lowest BCUT2D eigenvalue weighted by Gasteiger charge is -2.34. The quantitative estimate of drug-likeness (QED) is 0.866. The Labute approximate surface area is 158 Å². The molecule has 0 saturated carbocycles. The summed E-state index contributed by atoms with van der Waals surface area (Å²) in [7, 11) is 0. The lowest BCUT2D eigenvalue weighted by Crippen LogP contribution is -2.50. The molecule has 2 aromatic heterocycles. The molecule has 5 rings (SSSR count). The molecule has 5 heterocycles. The first kappa shape index (κ1) is 16.9. The zero-order valence-corrected chi connectivity index (χ0v) is 15.3. The molecule has 2 fully saturated rings. The maximum absolute atomic E-state index is 13.3. The maximum atomic E-state index is 13.3. The van der Waals surface area contributed by atoms with Crippen LogP contribution in [0.3, 0.4) is 0 Å². The Hall–Kier alpha value is -2.25. The van der Waals surface area contributed by atoms with Crippen molar-refractivity contribution in [3.8, 4) is 0 Å². The number of hydrogen-bond acceptors (Lipinski definition) is 6. The monoisotopic (exact) mass is 368 g/mol. The minimum atomic E-state index is -0.385. The highest BCUT2D eigenvalue weighted by atomic mass is 16.5. The number of nitrogens with one attached hydrogen (secondary N) is 1. The van der Waals surface area contributed by atoms with Gasteiger partial charge >= 0.3 is 0 Å². The summed E-state index contributed by atoms with van der Waals surface area (Å²) in [6.45, 7) is 4.03. The van der Waals surface area contributed by atoms with Crippen LogP contribution in [0.4, 0.5) is 0 Å². The van der Waals surface area contributed by atoms with Crippen molar-refractivity contribution in [2.24, 2.45) is 11.3 Å². The molecule has 7 nitrogen and oxygen atoms in total. The van der Waals surface area contributed by atoms with Crippen molar-refractivity contribution in [3.63, 3.8) is 0 Å². The van der Waals surface area contributed by atoms with E-state index in [0.29, 0.717) is 32.2 Å². The zero-order valence-electron chi connectivity index (χ0n) is 15.3. The first-order valence-electron chi connectivity index (χ1n) is 9.69. The van der Waals surface area contributed by atoms with Crippen molar-refractivity contribution in [2.45, 2.75) is 25.8 Å². The second-order valence-electron chi connectivity index (χ2n) is 7.81. The van der Waals surface area contributed by atoms with Crippen LogP contribution in [0.25, 0.3) is 0 Å². The summed E-state index contributed by atoms with van der Waals surface area (Å²) in [6.07, 6.45) is 5.98. The molecule has 2 aromatic rings. The topological polar surface area (TPSA) is 80.5 Å². The molecule has 2 atom stereocenters. The second-order valence-corrected chi connectivity index (χ2v) is 7.81. The van der Waals surface area contributed by atoms with Gasteiger partial charge in [0.05, 0.1) is 25.2 Å². The minimum Gasteiger partial charge on any atom is -0.445 e. The van der Waals surface area contributed by atoms with Crippen LogP contribution in [-0.2, 0) is 35.3 Å². The largest absolute Gasteiger partial charge is 0.445 e. The van der Waals surface area contributed by atoms with Crippen LogP contribution >= 0.6 is 0 Å². The van der Waals surface area contributed by atoms with Gasteiger partial charge in [0.1, 0.15) is 11.5 Å². The Balaban J connectivity index is 1.27. The van der Waals surface area contributed by atoms with Gasteiger partial charge in [-0.3, -0.25) is 9.78 Å². The summed E-state index contributed by atoms with van der Waals surface area (Å²) in [4.78, 5) is 24.0. The van der Waals surface area contributed by atoms with Crippen LogP contribution < -0.4 is 5.32 Å². The number of ether oxygens (including phenoxy) is 1. The molecular formula is C20H24N4O3. The minimum absolute atomic E-state index is 0.209. The lowest BCUT2D eigenvalue weighted by atomic mass is 9.79. The predicted molar refractivity (Wildman–Crippen MR) is 96.9 cm³/mol. The summed E-state index contributed by atoms with van der Waals surface area (Å²) in [5, 5.41) is 3.37. The Bertz CT molecular complexity index is 825. The molecule has 3 aliphatic rings. The molecule has 3 aliphatic heterocycles. The molecule has 2 saturated heterocycles. The van der Waals surface area contributed by atoms with Crippen molar-refractivity contribution >= 4 is 5.91 Å². The molecule has 0 aromatic carbocycles. The highest BCUT2D eigenvalue weighted by Crippen LogP contribution is 2.40. The van der Waals surface area contributed by atoms with E-state index in [1.54, 1.807) is 6.20 Å². The third kappa shape index (κ3) is 2.95. The Kier molecular flexibility index (Phi) is 4.21. The summed E-state index contributed by atoms with van der Waals surface area (Å²) in [5.74, 6) is 2.18. The van der Waals surface area contributed by atoms with Gasteiger partial charge in [0, 0.05) is 50.8 Å². The van der Waals surface area contributed by atoms with E-state index in [4.69, 9.17) is 9.15 Å². The first-order valence-corrected chi connectivity index (χ1v) is 9.69. The molecule has 142 valence electrons. The third-order valence-corrected chi connectivity index (χ3v) is 6.13. The number of oxazole rings is 1. The number of carbonyl (C=O) groups is 1. The molecule has 0 radical (unpaired) electrons.